The van der Waals surface area contributed by atoms with Crippen LogP contribution in [0.25, 0.3) is 0 Å². The van der Waals surface area contributed by atoms with Crippen molar-refractivity contribution in [3.05, 3.63) is 29.5 Å². The van der Waals surface area contributed by atoms with Gasteiger partial charge < -0.3 is 15.1 Å². The number of rotatable bonds is 4. The van der Waals surface area contributed by atoms with Gasteiger partial charge in [0.15, 0.2) is 11.8 Å². The molecule has 8 nitrogen and oxygen atoms in total. The van der Waals surface area contributed by atoms with Gasteiger partial charge in [-0.1, -0.05) is 34.6 Å². The molecule has 3 rings (SSSR count). The topological polar surface area (TPSA) is 93.2 Å². The van der Waals surface area contributed by atoms with Gasteiger partial charge in [0.1, 0.15) is 11.6 Å². The number of fused-ring (bicyclic) bond motifs is 1. The molecule has 0 radical (unpaired) electrons. The molecule has 1 atom stereocenters. The minimum absolute atomic E-state index is 0. The first-order valence-corrected chi connectivity index (χ1v) is 9.62. The lowest BCUT2D eigenvalue weighted by atomic mass is 9.94. The molecule has 28 heavy (non-hydrogen) atoms. The second-order valence-corrected chi connectivity index (χ2v) is 8.40. The highest BCUT2D eigenvalue weighted by Crippen LogP contribution is 2.22. The van der Waals surface area contributed by atoms with Crippen molar-refractivity contribution in [3.63, 3.8) is 0 Å². The molecule has 156 valence electrons. The zero-order chi connectivity index (χ0) is 19.6. The Bertz CT molecular complexity index is 804. The molecule has 1 aliphatic rings. The summed E-state index contributed by atoms with van der Waals surface area (Å²) >= 11 is 0. The summed E-state index contributed by atoms with van der Waals surface area (Å²) in [5.74, 6) is 4.63. The maximum Gasteiger partial charge on any atom is 0.213 e. The van der Waals surface area contributed by atoms with E-state index in [2.05, 4.69) is 65.3 Å². The monoisotopic (exact) mass is 501 g/mol. The van der Waals surface area contributed by atoms with E-state index in [1.54, 1.807) is 13.2 Å². The molecule has 0 spiro atoms. The lowest BCUT2D eigenvalue weighted by molar-refractivity contribution is 0.376. The first-order valence-electron chi connectivity index (χ1n) is 9.62. The number of hydrogen-bond acceptors (Lipinski definition) is 5. The highest BCUT2D eigenvalue weighted by molar-refractivity contribution is 14.0. The van der Waals surface area contributed by atoms with Gasteiger partial charge in [0.2, 0.25) is 5.89 Å². The van der Waals surface area contributed by atoms with Crippen molar-refractivity contribution >= 4 is 29.9 Å². The van der Waals surface area contributed by atoms with Crippen LogP contribution in [-0.4, -0.2) is 38.8 Å². The van der Waals surface area contributed by atoms with Crippen LogP contribution >= 0.6 is 24.0 Å². The van der Waals surface area contributed by atoms with Gasteiger partial charge in [0, 0.05) is 30.8 Å². The number of halogens is 1. The third kappa shape index (κ3) is 5.45. The summed E-state index contributed by atoms with van der Waals surface area (Å²) in [6.07, 6.45) is 3.72. The number of nitrogens with one attached hydrogen (secondary N) is 2. The fraction of sp³-hybridized carbons (Fsp3) is 0.684. The Labute approximate surface area is 184 Å². The maximum atomic E-state index is 5.83. The number of aromatic nitrogens is 4. The van der Waals surface area contributed by atoms with Crippen molar-refractivity contribution in [2.45, 2.75) is 77.9 Å². The smallest absolute Gasteiger partial charge is 0.213 e. The number of aliphatic imine (C=N–C) groups is 1. The highest BCUT2D eigenvalue weighted by Gasteiger charge is 2.23. The summed E-state index contributed by atoms with van der Waals surface area (Å²) in [5, 5.41) is 11.4. The van der Waals surface area contributed by atoms with E-state index in [0.29, 0.717) is 18.4 Å². The van der Waals surface area contributed by atoms with Crippen LogP contribution in [-0.2, 0) is 24.9 Å². The summed E-state index contributed by atoms with van der Waals surface area (Å²) in [5.41, 5.74) is -0.0440. The molecule has 0 bridgehead atoms. The van der Waals surface area contributed by atoms with E-state index in [1.807, 2.05) is 4.68 Å². The molecule has 2 aromatic heterocycles. The molecular weight excluding hydrogens is 469 g/mol. The van der Waals surface area contributed by atoms with E-state index < -0.39 is 0 Å². The Morgan fingerprint density at radius 1 is 1.39 bits per heavy atom. The highest BCUT2D eigenvalue weighted by atomic mass is 127. The Morgan fingerprint density at radius 2 is 2.14 bits per heavy atom. The van der Waals surface area contributed by atoms with Gasteiger partial charge in [-0.15, -0.1) is 24.0 Å². The van der Waals surface area contributed by atoms with Gasteiger partial charge in [-0.2, -0.15) is 5.10 Å². The van der Waals surface area contributed by atoms with Crippen molar-refractivity contribution in [1.29, 1.82) is 0 Å². The molecule has 1 unspecified atom stereocenters. The van der Waals surface area contributed by atoms with Gasteiger partial charge in [-0.05, 0) is 6.42 Å². The predicted octanol–water partition coefficient (Wildman–Crippen LogP) is 2.99. The summed E-state index contributed by atoms with van der Waals surface area (Å²) in [6.45, 7) is 11.9. The third-order valence-electron chi connectivity index (χ3n) is 4.66. The largest absolute Gasteiger partial charge is 0.443 e. The van der Waals surface area contributed by atoms with Crippen LogP contribution in [0.4, 0.5) is 0 Å². The average molecular weight is 501 g/mol. The number of oxazole rings is 1. The van der Waals surface area contributed by atoms with E-state index in [9.17, 15) is 0 Å². The van der Waals surface area contributed by atoms with Gasteiger partial charge in [-0.25, -0.2) is 14.6 Å². The number of nitrogens with zero attached hydrogens (tertiary/aromatic N) is 5. The zero-order valence-electron chi connectivity index (χ0n) is 17.6. The van der Waals surface area contributed by atoms with Crippen molar-refractivity contribution in [2.24, 2.45) is 4.99 Å². The van der Waals surface area contributed by atoms with Crippen molar-refractivity contribution < 1.29 is 4.42 Å². The summed E-state index contributed by atoms with van der Waals surface area (Å²) < 4.78 is 7.85. The zero-order valence-corrected chi connectivity index (χ0v) is 19.9. The van der Waals surface area contributed by atoms with Crippen molar-refractivity contribution in [1.82, 2.24) is 30.4 Å². The summed E-state index contributed by atoms with van der Waals surface area (Å²) in [4.78, 5) is 13.3. The van der Waals surface area contributed by atoms with Gasteiger partial charge in [0.25, 0.3) is 0 Å². The Morgan fingerprint density at radius 3 is 2.75 bits per heavy atom. The molecule has 0 saturated heterocycles. The molecule has 0 fully saturated rings. The summed E-state index contributed by atoms with van der Waals surface area (Å²) in [6, 6.07) is 0.264. The number of hydrogen-bond donors (Lipinski definition) is 2. The Kier molecular flexibility index (Phi) is 7.46. The van der Waals surface area contributed by atoms with E-state index in [1.165, 1.54) is 0 Å². The normalized spacial score (nSPS) is 17.2. The standard InChI is InChI=1S/C19H31N7O.HI/c1-12(2)17-24-15-8-7-13(11-26(15)25-17)23-18(20-6)22-10-16-21-9-14(27-16)19(3,4)5;/h9,12-13H,7-8,10-11H2,1-6H3,(H2,20,22,23);1H. The van der Waals surface area contributed by atoms with Crippen LogP contribution in [0, 0.1) is 0 Å². The van der Waals surface area contributed by atoms with Gasteiger partial charge in [0.05, 0.1) is 19.3 Å². The fourth-order valence-corrected chi connectivity index (χ4v) is 2.98. The minimum atomic E-state index is -0.0440. The van der Waals surface area contributed by atoms with Crippen LogP contribution in [0.1, 0.15) is 70.3 Å². The maximum absolute atomic E-state index is 5.83. The van der Waals surface area contributed by atoms with Crippen LogP contribution in [0.3, 0.4) is 0 Å². The van der Waals surface area contributed by atoms with Crippen LogP contribution in [0.15, 0.2) is 15.6 Å². The lowest BCUT2D eigenvalue weighted by Crippen LogP contribution is -2.46. The minimum Gasteiger partial charge on any atom is -0.443 e. The van der Waals surface area contributed by atoms with E-state index >= 15 is 0 Å². The second kappa shape index (κ2) is 9.23. The molecule has 0 aromatic carbocycles. The van der Waals surface area contributed by atoms with Crippen molar-refractivity contribution in [3.8, 4) is 0 Å². The first-order chi connectivity index (χ1) is 12.8. The Balaban J connectivity index is 0.00000280. The van der Waals surface area contributed by atoms with Crippen LogP contribution in [0.2, 0.25) is 0 Å². The van der Waals surface area contributed by atoms with Crippen LogP contribution < -0.4 is 10.6 Å². The predicted molar refractivity (Wildman–Crippen MR) is 120 cm³/mol. The molecule has 0 saturated carbocycles. The molecule has 3 heterocycles. The third-order valence-corrected chi connectivity index (χ3v) is 4.66. The molecular formula is C19H32IN7O. The second-order valence-electron chi connectivity index (χ2n) is 8.40. The fourth-order valence-electron chi connectivity index (χ4n) is 2.98. The van der Waals surface area contributed by atoms with Gasteiger partial charge >= 0.3 is 0 Å². The lowest BCUT2D eigenvalue weighted by Gasteiger charge is -2.25. The van der Waals surface area contributed by atoms with Gasteiger partial charge in [-0.3, -0.25) is 4.99 Å². The molecule has 1 aliphatic heterocycles. The average Bonchev–Trinajstić information content (AvgIpc) is 3.24. The van der Waals surface area contributed by atoms with E-state index in [0.717, 1.165) is 42.8 Å². The number of guanidine groups is 1. The molecule has 2 N–H and O–H groups in total. The Hall–Kier alpha value is -1.65. The SMILES string of the molecule is CN=C(NCc1ncc(C(C)(C)C)o1)NC1CCc2nc(C(C)C)nn2C1.I. The molecule has 0 aliphatic carbocycles. The quantitative estimate of drug-likeness (QED) is 0.380. The summed E-state index contributed by atoms with van der Waals surface area (Å²) in [7, 11) is 1.77. The molecule has 9 heteroatoms. The van der Waals surface area contributed by atoms with E-state index in [4.69, 9.17) is 4.42 Å². The van der Waals surface area contributed by atoms with Crippen molar-refractivity contribution in [2.75, 3.05) is 7.05 Å². The van der Waals surface area contributed by atoms with Crippen LogP contribution in [0.5, 0.6) is 0 Å². The first kappa shape index (κ1) is 22.6. The van der Waals surface area contributed by atoms with E-state index in [-0.39, 0.29) is 35.4 Å². The number of aryl methyl sites for hydroxylation is 1. The molecule has 0 amide bonds. The molecule has 2 aromatic rings.